The van der Waals surface area contributed by atoms with Gasteiger partial charge in [-0.3, -0.25) is 4.79 Å². The second-order valence-corrected chi connectivity index (χ2v) is 7.19. The minimum atomic E-state index is -3.26. The zero-order valence-corrected chi connectivity index (χ0v) is 12.9. The van der Waals surface area contributed by atoms with Crippen LogP contribution in [-0.4, -0.2) is 44.6 Å². The predicted octanol–water partition coefficient (Wildman–Crippen LogP) is 0.813. The van der Waals surface area contributed by atoms with Gasteiger partial charge in [-0.25, -0.2) is 13.1 Å². The van der Waals surface area contributed by atoms with E-state index in [9.17, 15) is 13.2 Å². The minimum Gasteiger partial charge on any atom is -0.398 e. The number of benzene rings is 1. The number of hydrogen-bond donors (Lipinski definition) is 2. The molecule has 116 valence electrons. The maximum Gasteiger partial charge on any atom is 0.256 e. The zero-order valence-electron chi connectivity index (χ0n) is 12.1. The Labute approximate surface area is 125 Å². The fraction of sp³-hybridized carbons (Fsp3) is 0.500. The molecule has 1 aliphatic rings. The molecule has 0 bridgehead atoms. The summed E-state index contributed by atoms with van der Waals surface area (Å²) in [7, 11) is -3.26. The van der Waals surface area contributed by atoms with Crippen molar-refractivity contribution in [2.24, 2.45) is 0 Å². The van der Waals surface area contributed by atoms with Crippen LogP contribution in [0.2, 0.25) is 0 Å². The van der Waals surface area contributed by atoms with Crippen LogP contribution in [0, 0.1) is 0 Å². The first-order chi connectivity index (χ1) is 9.88. The quantitative estimate of drug-likeness (QED) is 0.805. The molecule has 0 aliphatic carbocycles. The average Bonchev–Trinajstić information content (AvgIpc) is 2.44. The van der Waals surface area contributed by atoms with Gasteiger partial charge in [0.15, 0.2) is 0 Å². The number of rotatable bonds is 4. The molecule has 0 saturated carbocycles. The molecule has 6 nitrogen and oxygen atoms in total. The smallest absolute Gasteiger partial charge is 0.256 e. The van der Waals surface area contributed by atoms with Crippen LogP contribution >= 0.6 is 0 Å². The van der Waals surface area contributed by atoms with E-state index < -0.39 is 10.0 Å². The highest BCUT2D eigenvalue weighted by Crippen LogP contribution is 2.21. The van der Waals surface area contributed by atoms with E-state index in [-0.39, 0.29) is 18.5 Å². The molecule has 2 rings (SSSR count). The Kier molecular flexibility index (Phi) is 4.84. The van der Waals surface area contributed by atoms with Gasteiger partial charge in [0.1, 0.15) is 0 Å². The molecule has 0 aromatic heterocycles. The topological polar surface area (TPSA) is 92.5 Å². The number of nitrogens with zero attached hydrogens (tertiary/aromatic N) is 1. The monoisotopic (exact) mass is 311 g/mol. The molecule has 1 aromatic carbocycles. The van der Waals surface area contributed by atoms with E-state index in [0.29, 0.717) is 17.8 Å². The molecule has 1 aliphatic heterocycles. The molecule has 0 spiro atoms. The maximum atomic E-state index is 12.6. The van der Waals surface area contributed by atoms with Gasteiger partial charge in [-0.15, -0.1) is 0 Å². The van der Waals surface area contributed by atoms with E-state index in [0.717, 1.165) is 25.5 Å². The van der Waals surface area contributed by atoms with Crippen LogP contribution in [0.3, 0.4) is 0 Å². The van der Waals surface area contributed by atoms with Crippen LogP contribution in [0.1, 0.15) is 29.6 Å². The fourth-order valence-electron chi connectivity index (χ4n) is 2.57. The Hall–Kier alpha value is -1.60. The van der Waals surface area contributed by atoms with Crippen molar-refractivity contribution in [2.45, 2.75) is 25.3 Å². The highest BCUT2D eigenvalue weighted by atomic mass is 32.2. The van der Waals surface area contributed by atoms with Gasteiger partial charge >= 0.3 is 0 Å². The van der Waals surface area contributed by atoms with Crippen molar-refractivity contribution in [1.82, 2.24) is 9.62 Å². The van der Waals surface area contributed by atoms with Crippen LogP contribution in [0.4, 0.5) is 5.69 Å². The predicted molar refractivity (Wildman–Crippen MR) is 82.4 cm³/mol. The van der Waals surface area contributed by atoms with Gasteiger partial charge in [0.05, 0.1) is 11.8 Å². The molecular formula is C14H21N3O3S. The second-order valence-electron chi connectivity index (χ2n) is 5.36. The van der Waals surface area contributed by atoms with Crippen molar-refractivity contribution < 1.29 is 13.2 Å². The van der Waals surface area contributed by atoms with Gasteiger partial charge in [-0.05, 0) is 31.4 Å². The number of nitrogens with one attached hydrogen (secondary N) is 1. The standard InChI is InChI=1S/C14H21N3O3S/c1-21(19,20)16-10-11-6-4-5-9-17(11)14(18)12-7-2-3-8-13(12)15/h2-3,7-8,11,16H,4-6,9-10,15H2,1H3. The highest BCUT2D eigenvalue weighted by Gasteiger charge is 2.28. The van der Waals surface area contributed by atoms with E-state index in [1.807, 2.05) is 0 Å². The largest absolute Gasteiger partial charge is 0.398 e. The van der Waals surface area contributed by atoms with Gasteiger partial charge in [-0.2, -0.15) is 0 Å². The van der Waals surface area contributed by atoms with Crippen LogP contribution in [-0.2, 0) is 10.0 Å². The number of carbonyl (C=O) groups is 1. The zero-order chi connectivity index (χ0) is 15.5. The summed E-state index contributed by atoms with van der Waals surface area (Å²) >= 11 is 0. The van der Waals surface area contributed by atoms with Gasteiger partial charge < -0.3 is 10.6 Å². The molecule has 3 N–H and O–H groups in total. The third kappa shape index (κ3) is 4.18. The molecule has 1 atom stereocenters. The number of piperidine rings is 1. The van der Waals surface area contributed by atoms with Crippen molar-refractivity contribution in [1.29, 1.82) is 0 Å². The minimum absolute atomic E-state index is 0.124. The lowest BCUT2D eigenvalue weighted by molar-refractivity contribution is 0.0620. The van der Waals surface area contributed by atoms with E-state index in [4.69, 9.17) is 5.73 Å². The number of likely N-dealkylation sites (tertiary alicyclic amines) is 1. The molecule has 1 aromatic rings. The number of hydrogen-bond acceptors (Lipinski definition) is 4. The highest BCUT2D eigenvalue weighted by molar-refractivity contribution is 7.88. The molecule has 1 unspecified atom stereocenters. The van der Waals surface area contributed by atoms with E-state index in [1.165, 1.54) is 0 Å². The Balaban J connectivity index is 2.15. The Morgan fingerprint density at radius 1 is 1.38 bits per heavy atom. The van der Waals surface area contributed by atoms with Crippen LogP contribution in [0.15, 0.2) is 24.3 Å². The van der Waals surface area contributed by atoms with Gasteiger partial charge in [-0.1, -0.05) is 12.1 Å². The summed E-state index contributed by atoms with van der Waals surface area (Å²) in [5.74, 6) is -0.131. The van der Waals surface area contributed by atoms with E-state index in [1.54, 1.807) is 29.2 Å². The molecule has 21 heavy (non-hydrogen) atoms. The van der Waals surface area contributed by atoms with Crippen molar-refractivity contribution in [3.8, 4) is 0 Å². The number of anilines is 1. The van der Waals surface area contributed by atoms with Crippen LogP contribution in [0.25, 0.3) is 0 Å². The maximum absolute atomic E-state index is 12.6. The van der Waals surface area contributed by atoms with Crippen LogP contribution < -0.4 is 10.5 Å². The Bertz CT molecular complexity index is 616. The van der Waals surface area contributed by atoms with E-state index >= 15 is 0 Å². The summed E-state index contributed by atoms with van der Waals surface area (Å²) in [4.78, 5) is 14.4. The number of para-hydroxylation sites is 1. The molecule has 1 fully saturated rings. The first-order valence-corrected chi connectivity index (χ1v) is 8.88. The lowest BCUT2D eigenvalue weighted by atomic mass is 10.0. The first kappa shape index (κ1) is 15.8. The molecule has 0 radical (unpaired) electrons. The molecule has 1 saturated heterocycles. The first-order valence-electron chi connectivity index (χ1n) is 6.98. The molecule has 7 heteroatoms. The lowest BCUT2D eigenvalue weighted by Gasteiger charge is -2.36. The fourth-order valence-corrected chi connectivity index (χ4v) is 3.07. The number of carbonyl (C=O) groups excluding carboxylic acids is 1. The van der Waals surface area contributed by atoms with E-state index in [2.05, 4.69) is 4.72 Å². The third-order valence-electron chi connectivity index (χ3n) is 3.66. The van der Waals surface area contributed by atoms with Gasteiger partial charge in [0.2, 0.25) is 10.0 Å². The Morgan fingerprint density at radius 3 is 2.76 bits per heavy atom. The number of nitrogen functional groups attached to an aromatic ring is 1. The number of sulfonamides is 1. The van der Waals surface area contributed by atoms with Crippen LogP contribution in [0.5, 0.6) is 0 Å². The third-order valence-corrected chi connectivity index (χ3v) is 4.35. The summed E-state index contributed by atoms with van der Waals surface area (Å²) in [6, 6.07) is 6.83. The molecule has 1 heterocycles. The van der Waals surface area contributed by atoms with Crippen molar-refractivity contribution in [2.75, 3.05) is 25.1 Å². The number of amides is 1. The number of nitrogens with two attached hydrogens (primary N) is 1. The second kappa shape index (κ2) is 6.44. The average molecular weight is 311 g/mol. The summed E-state index contributed by atoms with van der Waals surface area (Å²) in [6.45, 7) is 0.876. The van der Waals surface area contributed by atoms with Crippen molar-refractivity contribution in [3.05, 3.63) is 29.8 Å². The normalized spacial score (nSPS) is 19.5. The van der Waals surface area contributed by atoms with Crippen molar-refractivity contribution >= 4 is 21.6 Å². The summed E-state index contributed by atoms with van der Waals surface area (Å²) in [5.41, 5.74) is 6.78. The summed E-state index contributed by atoms with van der Waals surface area (Å²) < 4.78 is 25.0. The summed E-state index contributed by atoms with van der Waals surface area (Å²) in [6.07, 6.45) is 3.83. The lowest BCUT2D eigenvalue weighted by Crippen LogP contribution is -2.49. The van der Waals surface area contributed by atoms with Crippen molar-refractivity contribution in [3.63, 3.8) is 0 Å². The van der Waals surface area contributed by atoms with Gasteiger partial charge in [0, 0.05) is 24.8 Å². The SMILES string of the molecule is CS(=O)(=O)NCC1CCCCN1C(=O)c1ccccc1N. The molecule has 1 amide bonds. The molecular weight excluding hydrogens is 290 g/mol. The van der Waals surface area contributed by atoms with Gasteiger partial charge in [0.25, 0.3) is 5.91 Å². The Morgan fingerprint density at radius 2 is 2.10 bits per heavy atom. The summed E-state index contributed by atoms with van der Waals surface area (Å²) in [5, 5.41) is 0.